The number of hydrogen-bond acceptors (Lipinski definition) is 3. The molecule has 0 radical (unpaired) electrons. The van der Waals surface area contributed by atoms with E-state index < -0.39 is 5.24 Å². The summed E-state index contributed by atoms with van der Waals surface area (Å²) in [7, 11) is 0. The van der Waals surface area contributed by atoms with Gasteiger partial charge in [-0.25, -0.2) is 0 Å². The number of benzene rings is 3. The quantitative estimate of drug-likeness (QED) is 0.536. The van der Waals surface area contributed by atoms with Crippen molar-refractivity contribution in [3.63, 3.8) is 0 Å². The molecule has 3 aromatic rings. The van der Waals surface area contributed by atoms with Gasteiger partial charge in [-0.15, -0.1) is 0 Å². The molecule has 0 aliphatic carbocycles. The van der Waals surface area contributed by atoms with Gasteiger partial charge in [-0.3, -0.25) is 9.59 Å². The van der Waals surface area contributed by atoms with E-state index in [2.05, 4.69) is 19.2 Å². The highest BCUT2D eigenvalue weighted by Gasteiger charge is 2.24. The molecule has 3 aromatic carbocycles. The molecule has 0 saturated heterocycles. The van der Waals surface area contributed by atoms with Gasteiger partial charge in [0.05, 0.1) is 0 Å². The number of anilines is 1. The largest absolute Gasteiger partial charge is 0.508 e. The number of phenolic OH excluding ortho intramolecular Hbond substituents is 1. The number of rotatable bonds is 5. The molecular weight excluding hydrogens is 386 g/mol. The maximum atomic E-state index is 12.5. The van der Waals surface area contributed by atoms with Gasteiger partial charge in [0.2, 0.25) is 0 Å². The van der Waals surface area contributed by atoms with Gasteiger partial charge < -0.3 is 10.4 Å². The maximum absolute atomic E-state index is 12.5. The van der Waals surface area contributed by atoms with Crippen LogP contribution in [0.5, 0.6) is 5.75 Å². The Morgan fingerprint density at radius 2 is 1.41 bits per heavy atom. The lowest BCUT2D eigenvalue weighted by Gasteiger charge is -2.27. The predicted octanol–water partition coefficient (Wildman–Crippen LogP) is 5.66. The first-order valence-corrected chi connectivity index (χ1v) is 9.58. The minimum atomic E-state index is -0.537. The van der Waals surface area contributed by atoms with E-state index in [0.29, 0.717) is 16.8 Å². The molecule has 2 N–H and O–H groups in total. The molecule has 0 heterocycles. The molecule has 5 heteroatoms. The summed E-state index contributed by atoms with van der Waals surface area (Å²) in [5.74, 6) is 0.0415. The number of carbonyl (C=O) groups excluding carboxylic acids is 2. The molecule has 0 fully saturated rings. The number of carbonyl (C=O) groups is 2. The SMILES string of the molecule is Cc1cc(C(C)(C)c2ccc(C(=O)Nc3ccc(C(=O)Cl)cc3)cc2)ccc1O. The molecule has 0 unspecified atom stereocenters. The van der Waals surface area contributed by atoms with Crippen molar-refractivity contribution in [1.82, 2.24) is 0 Å². The van der Waals surface area contributed by atoms with E-state index in [0.717, 1.165) is 16.7 Å². The van der Waals surface area contributed by atoms with Crippen LogP contribution in [0.1, 0.15) is 51.3 Å². The summed E-state index contributed by atoms with van der Waals surface area (Å²) in [5.41, 5.74) is 4.18. The van der Waals surface area contributed by atoms with Crippen molar-refractivity contribution in [2.24, 2.45) is 0 Å². The van der Waals surface area contributed by atoms with Gasteiger partial charge in [-0.05, 0) is 77.7 Å². The first-order chi connectivity index (χ1) is 13.7. The van der Waals surface area contributed by atoms with Crippen LogP contribution in [0, 0.1) is 6.92 Å². The third-order valence-electron chi connectivity index (χ3n) is 5.16. The van der Waals surface area contributed by atoms with Crippen LogP contribution >= 0.6 is 11.6 Å². The Kier molecular flexibility index (Phi) is 5.76. The third-order valence-corrected chi connectivity index (χ3v) is 5.38. The highest BCUT2D eigenvalue weighted by molar-refractivity contribution is 6.67. The first-order valence-electron chi connectivity index (χ1n) is 9.20. The molecule has 4 nitrogen and oxygen atoms in total. The number of hydrogen-bond donors (Lipinski definition) is 2. The number of phenols is 1. The topological polar surface area (TPSA) is 66.4 Å². The summed E-state index contributed by atoms with van der Waals surface area (Å²) >= 11 is 5.43. The number of aromatic hydroxyl groups is 1. The van der Waals surface area contributed by atoms with Crippen LogP contribution in [0.15, 0.2) is 66.7 Å². The molecule has 148 valence electrons. The van der Waals surface area contributed by atoms with Gasteiger partial charge in [0.25, 0.3) is 11.1 Å². The minimum absolute atomic E-state index is 0.236. The number of aryl methyl sites for hydroxylation is 1. The zero-order chi connectivity index (χ0) is 21.2. The van der Waals surface area contributed by atoms with Gasteiger partial charge in [0, 0.05) is 22.2 Å². The Labute approximate surface area is 175 Å². The van der Waals surface area contributed by atoms with Crippen molar-refractivity contribution in [2.75, 3.05) is 5.32 Å². The second-order valence-electron chi connectivity index (χ2n) is 7.51. The van der Waals surface area contributed by atoms with Gasteiger partial charge in [-0.2, -0.15) is 0 Å². The fraction of sp³-hybridized carbons (Fsp3) is 0.167. The first kappa shape index (κ1) is 20.6. The molecule has 0 spiro atoms. The molecule has 1 amide bonds. The van der Waals surface area contributed by atoms with Gasteiger partial charge in [-0.1, -0.05) is 38.1 Å². The van der Waals surface area contributed by atoms with E-state index in [1.54, 1.807) is 42.5 Å². The Balaban J connectivity index is 1.77. The van der Waals surface area contributed by atoms with Crippen molar-refractivity contribution < 1.29 is 14.7 Å². The fourth-order valence-electron chi connectivity index (χ4n) is 3.14. The Bertz CT molecular complexity index is 1050. The molecule has 3 rings (SSSR count). The summed E-state index contributed by atoms with van der Waals surface area (Å²) in [6, 6.07) is 19.5. The van der Waals surface area contributed by atoms with Crippen LogP contribution in [0.25, 0.3) is 0 Å². The molecule has 0 aromatic heterocycles. The summed E-state index contributed by atoms with van der Waals surface area (Å²) < 4.78 is 0. The lowest BCUT2D eigenvalue weighted by Crippen LogP contribution is -2.19. The molecule has 0 atom stereocenters. The minimum Gasteiger partial charge on any atom is -0.508 e. The molecule has 0 aliphatic heterocycles. The van der Waals surface area contributed by atoms with Crippen LogP contribution in [-0.2, 0) is 5.41 Å². The second kappa shape index (κ2) is 8.10. The van der Waals surface area contributed by atoms with E-state index in [1.807, 2.05) is 31.2 Å². The lowest BCUT2D eigenvalue weighted by atomic mass is 9.77. The van der Waals surface area contributed by atoms with Crippen molar-refractivity contribution in [1.29, 1.82) is 0 Å². The van der Waals surface area contributed by atoms with E-state index in [1.165, 1.54) is 0 Å². The monoisotopic (exact) mass is 407 g/mol. The van der Waals surface area contributed by atoms with Gasteiger partial charge >= 0.3 is 0 Å². The highest BCUT2D eigenvalue weighted by Crippen LogP contribution is 2.33. The van der Waals surface area contributed by atoms with Crippen LogP contribution in [-0.4, -0.2) is 16.3 Å². The van der Waals surface area contributed by atoms with Crippen LogP contribution < -0.4 is 5.32 Å². The number of amides is 1. The summed E-state index contributed by atoms with van der Waals surface area (Å²) in [4.78, 5) is 23.6. The average Bonchev–Trinajstić information content (AvgIpc) is 2.70. The maximum Gasteiger partial charge on any atom is 0.255 e. The van der Waals surface area contributed by atoms with Gasteiger partial charge in [0.15, 0.2) is 0 Å². The van der Waals surface area contributed by atoms with E-state index in [9.17, 15) is 14.7 Å². The number of nitrogens with one attached hydrogen (secondary N) is 1. The summed E-state index contributed by atoms with van der Waals surface area (Å²) in [6.07, 6.45) is 0. The zero-order valence-corrected chi connectivity index (χ0v) is 17.2. The third kappa shape index (κ3) is 4.49. The zero-order valence-electron chi connectivity index (χ0n) is 16.5. The van der Waals surface area contributed by atoms with E-state index in [-0.39, 0.29) is 17.1 Å². The molecule has 0 saturated carbocycles. The second-order valence-corrected chi connectivity index (χ2v) is 7.85. The average molecular weight is 408 g/mol. The standard InChI is InChI=1S/C24H22ClNO3/c1-15-14-19(10-13-21(15)27)24(2,3)18-8-4-17(5-9-18)23(29)26-20-11-6-16(7-12-20)22(25)28/h4-14,27H,1-3H3,(H,26,29). The fourth-order valence-corrected chi connectivity index (χ4v) is 3.26. The smallest absolute Gasteiger partial charge is 0.255 e. The molecule has 0 bridgehead atoms. The Morgan fingerprint density at radius 1 is 0.862 bits per heavy atom. The normalized spacial score (nSPS) is 11.2. The Morgan fingerprint density at radius 3 is 1.97 bits per heavy atom. The summed E-state index contributed by atoms with van der Waals surface area (Å²) in [5, 5.41) is 12.0. The van der Waals surface area contributed by atoms with E-state index >= 15 is 0 Å². The highest BCUT2D eigenvalue weighted by atomic mass is 35.5. The van der Waals surface area contributed by atoms with Crippen LogP contribution in [0.2, 0.25) is 0 Å². The molecule has 29 heavy (non-hydrogen) atoms. The van der Waals surface area contributed by atoms with Crippen LogP contribution in [0.3, 0.4) is 0 Å². The molecular formula is C24H22ClNO3. The van der Waals surface area contributed by atoms with Crippen molar-refractivity contribution in [2.45, 2.75) is 26.2 Å². The van der Waals surface area contributed by atoms with Crippen molar-refractivity contribution in [3.8, 4) is 5.75 Å². The lowest BCUT2D eigenvalue weighted by molar-refractivity contribution is 0.102. The predicted molar refractivity (Wildman–Crippen MR) is 116 cm³/mol. The van der Waals surface area contributed by atoms with Gasteiger partial charge in [0.1, 0.15) is 5.75 Å². The summed E-state index contributed by atoms with van der Waals surface area (Å²) in [6.45, 7) is 6.08. The Hall–Kier alpha value is -3.11. The molecule has 0 aliphatic rings. The van der Waals surface area contributed by atoms with E-state index in [4.69, 9.17) is 11.6 Å². The van der Waals surface area contributed by atoms with Crippen LogP contribution in [0.4, 0.5) is 5.69 Å². The van der Waals surface area contributed by atoms with Crippen molar-refractivity contribution >= 4 is 28.4 Å². The van der Waals surface area contributed by atoms with Crippen molar-refractivity contribution in [3.05, 3.63) is 94.5 Å². The number of halogens is 1.